The van der Waals surface area contributed by atoms with E-state index in [9.17, 15) is 9.59 Å². The number of methoxy groups -OCH3 is 1. The van der Waals surface area contributed by atoms with Crippen molar-refractivity contribution in [2.45, 2.75) is 37.6 Å². The van der Waals surface area contributed by atoms with Crippen LogP contribution in [0, 0.1) is 0 Å². The van der Waals surface area contributed by atoms with Crippen molar-refractivity contribution in [1.29, 1.82) is 0 Å². The average molecular weight is 588 g/mol. The second-order valence-corrected chi connectivity index (χ2v) is 11.0. The number of ether oxygens (including phenoxy) is 4. The number of piperazine rings is 1. The zero-order valence-corrected chi connectivity index (χ0v) is 24.8. The Hall–Kier alpha value is -2.62. The van der Waals surface area contributed by atoms with Crippen LogP contribution in [0.5, 0.6) is 0 Å². The van der Waals surface area contributed by atoms with Crippen LogP contribution in [-0.4, -0.2) is 137 Å². The fourth-order valence-electron chi connectivity index (χ4n) is 5.83. The minimum Gasteiger partial charge on any atom is -0.446 e. The molecule has 0 bridgehead atoms. The van der Waals surface area contributed by atoms with Crippen LogP contribution in [0.4, 0.5) is 4.79 Å². The summed E-state index contributed by atoms with van der Waals surface area (Å²) in [5.74, 6) is -0.212. The predicted octanol–water partition coefficient (Wildman–Crippen LogP) is 0.579. The molecule has 2 atom stereocenters. The molecule has 0 saturated carbocycles. The highest BCUT2D eigenvalue weighted by atomic mass is 16.6. The van der Waals surface area contributed by atoms with Crippen molar-refractivity contribution in [2.24, 2.45) is 0 Å². The van der Waals surface area contributed by atoms with Crippen LogP contribution < -0.4 is 16.1 Å². The summed E-state index contributed by atoms with van der Waals surface area (Å²) in [6.45, 7) is 6.88. The normalized spacial score (nSPS) is 24.6. The molecule has 5 rings (SSSR count). The SMILES string of the molecule is COCCOCCOC(=O)N1C2=C(C(N3CCN(C)CC3)NCC2)C(NC(=O)c2ccccc2)N1NC1CCOCC1. The monoisotopic (exact) mass is 587 g/mol. The highest BCUT2D eigenvalue weighted by Gasteiger charge is 2.49. The third kappa shape index (κ3) is 7.47. The molecular weight excluding hydrogens is 542 g/mol. The number of benzene rings is 1. The standard InChI is InChI=1S/C29H45N7O6/c1-33-12-14-34(15-13-33)26-25-24(8-11-30-26)35(29(38)42-21-20-41-19-18-39-2)36(32-23-9-16-40-17-10-23)27(25)31-28(37)22-6-4-3-5-7-22/h3-7,23,26-27,30,32H,8-21H2,1-2H3,(H,31,37). The molecule has 0 aromatic heterocycles. The van der Waals surface area contributed by atoms with Crippen molar-refractivity contribution >= 4 is 12.0 Å². The summed E-state index contributed by atoms with van der Waals surface area (Å²) in [5.41, 5.74) is 5.95. The Bertz CT molecular complexity index is 1060. The number of hydrogen-bond acceptors (Lipinski definition) is 11. The highest BCUT2D eigenvalue weighted by Crippen LogP contribution is 2.36. The van der Waals surface area contributed by atoms with Gasteiger partial charge in [-0.2, -0.15) is 5.01 Å². The van der Waals surface area contributed by atoms with Crippen molar-refractivity contribution in [1.82, 2.24) is 36.0 Å². The second-order valence-electron chi connectivity index (χ2n) is 11.0. The zero-order valence-electron chi connectivity index (χ0n) is 24.8. The summed E-state index contributed by atoms with van der Waals surface area (Å²) in [5, 5.41) is 10.3. The van der Waals surface area contributed by atoms with Gasteiger partial charge in [0.2, 0.25) is 0 Å². The molecule has 13 heteroatoms. The van der Waals surface area contributed by atoms with Crippen molar-refractivity contribution in [3.63, 3.8) is 0 Å². The van der Waals surface area contributed by atoms with E-state index in [0.29, 0.717) is 45.0 Å². The van der Waals surface area contributed by atoms with Crippen molar-refractivity contribution in [3.05, 3.63) is 47.2 Å². The number of rotatable bonds is 11. The van der Waals surface area contributed by atoms with Crippen LogP contribution in [-0.2, 0) is 18.9 Å². The first-order chi connectivity index (χ1) is 20.6. The first-order valence-corrected chi connectivity index (χ1v) is 15.0. The molecule has 1 aromatic carbocycles. The molecule has 42 heavy (non-hydrogen) atoms. The van der Waals surface area contributed by atoms with Gasteiger partial charge in [-0.1, -0.05) is 18.2 Å². The van der Waals surface area contributed by atoms with E-state index in [4.69, 9.17) is 18.9 Å². The van der Waals surface area contributed by atoms with Crippen LogP contribution in [0.15, 0.2) is 41.6 Å². The summed E-state index contributed by atoms with van der Waals surface area (Å²) in [7, 11) is 3.74. The van der Waals surface area contributed by atoms with Gasteiger partial charge in [0.1, 0.15) is 12.8 Å². The Labute approximate surface area is 248 Å². The molecule has 13 nitrogen and oxygen atoms in total. The Morgan fingerprint density at radius 3 is 2.50 bits per heavy atom. The Balaban J connectivity index is 1.44. The van der Waals surface area contributed by atoms with Crippen molar-refractivity contribution < 1.29 is 28.5 Å². The van der Waals surface area contributed by atoms with Gasteiger partial charge in [0.25, 0.3) is 5.91 Å². The number of carbonyl (C=O) groups is 2. The van der Waals surface area contributed by atoms with E-state index in [1.54, 1.807) is 29.4 Å². The Morgan fingerprint density at radius 1 is 1.02 bits per heavy atom. The Kier molecular flexibility index (Phi) is 11.2. The fraction of sp³-hybridized carbons (Fsp3) is 0.655. The van der Waals surface area contributed by atoms with E-state index in [1.165, 1.54) is 0 Å². The molecule has 0 radical (unpaired) electrons. The summed E-state index contributed by atoms with van der Waals surface area (Å²) in [6.07, 6.45) is 0.931. The maximum atomic E-state index is 13.8. The van der Waals surface area contributed by atoms with E-state index >= 15 is 0 Å². The van der Waals surface area contributed by atoms with E-state index in [-0.39, 0.29) is 31.3 Å². The van der Waals surface area contributed by atoms with Gasteiger partial charge < -0.3 is 29.2 Å². The van der Waals surface area contributed by atoms with Crippen LogP contribution in [0.1, 0.15) is 29.6 Å². The largest absolute Gasteiger partial charge is 0.446 e. The van der Waals surface area contributed by atoms with Crippen molar-refractivity contribution in [2.75, 3.05) is 86.5 Å². The number of hydrazine groups is 2. The van der Waals surface area contributed by atoms with Gasteiger partial charge in [-0.25, -0.2) is 10.2 Å². The van der Waals surface area contributed by atoms with Crippen LogP contribution in [0.2, 0.25) is 0 Å². The van der Waals surface area contributed by atoms with E-state index in [0.717, 1.165) is 50.3 Å². The number of nitrogens with one attached hydrogen (secondary N) is 3. The third-order valence-electron chi connectivity index (χ3n) is 8.14. The predicted molar refractivity (Wildman–Crippen MR) is 155 cm³/mol. The maximum Gasteiger partial charge on any atom is 0.430 e. The lowest BCUT2D eigenvalue weighted by molar-refractivity contribution is -0.0726. The summed E-state index contributed by atoms with van der Waals surface area (Å²) in [4.78, 5) is 32.1. The quantitative estimate of drug-likeness (QED) is 0.316. The van der Waals surface area contributed by atoms with Crippen LogP contribution in [0.3, 0.4) is 0 Å². The highest BCUT2D eigenvalue weighted by molar-refractivity contribution is 5.94. The Morgan fingerprint density at radius 2 is 1.76 bits per heavy atom. The number of amides is 2. The molecule has 2 amide bonds. The van der Waals surface area contributed by atoms with Gasteiger partial charge in [0.15, 0.2) is 0 Å². The molecule has 3 N–H and O–H groups in total. The molecule has 2 fully saturated rings. The topological polar surface area (TPSA) is 120 Å². The molecule has 4 heterocycles. The molecule has 0 spiro atoms. The number of carbonyl (C=O) groups excluding carboxylic acids is 2. The molecule has 1 aromatic rings. The smallest absolute Gasteiger partial charge is 0.430 e. The third-order valence-corrected chi connectivity index (χ3v) is 8.14. The number of likely N-dealkylation sites (N-methyl/N-ethyl adjacent to an activating group) is 1. The van der Waals surface area contributed by atoms with Gasteiger partial charge in [-0.15, -0.1) is 5.12 Å². The fourth-order valence-corrected chi connectivity index (χ4v) is 5.83. The minimum absolute atomic E-state index is 0.0685. The summed E-state index contributed by atoms with van der Waals surface area (Å²) < 4.78 is 21.9. The lowest BCUT2D eigenvalue weighted by Crippen LogP contribution is -2.63. The van der Waals surface area contributed by atoms with Crippen LogP contribution in [0.25, 0.3) is 0 Å². The van der Waals surface area contributed by atoms with Gasteiger partial charge >= 0.3 is 6.09 Å². The van der Waals surface area contributed by atoms with E-state index < -0.39 is 12.3 Å². The van der Waals surface area contributed by atoms with E-state index in [2.05, 4.69) is 32.9 Å². The molecule has 4 aliphatic rings. The summed E-state index contributed by atoms with van der Waals surface area (Å²) in [6, 6.07) is 9.24. The van der Waals surface area contributed by atoms with Gasteiger partial charge in [0.05, 0.1) is 31.7 Å². The number of nitrogens with zero attached hydrogens (tertiary/aromatic N) is 4. The minimum atomic E-state index is -0.612. The van der Waals surface area contributed by atoms with Crippen LogP contribution >= 0.6 is 0 Å². The molecule has 232 valence electrons. The molecular formula is C29H45N7O6. The lowest BCUT2D eigenvalue weighted by atomic mass is 10.0. The second kappa shape index (κ2) is 15.2. The van der Waals surface area contributed by atoms with Gasteiger partial charge in [-0.3, -0.25) is 15.0 Å². The first kappa shape index (κ1) is 30.8. The number of hydrogen-bond donors (Lipinski definition) is 3. The summed E-state index contributed by atoms with van der Waals surface area (Å²) >= 11 is 0. The van der Waals surface area contributed by atoms with Crippen molar-refractivity contribution in [3.8, 4) is 0 Å². The van der Waals surface area contributed by atoms with Gasteiger partial charge in [0, 0.05) is 76.6 Å². The average Bonchev–Trinajstić information content (AvgIpc) is 3.32. The first-order valence-electron chi connectivity index (χ1n) is 15.0. The molecule has 2 unspecified atom stereocenters. The zero-order chi connectivity index (χ0) is 29.3. The van der Waals surface area contributed by atoms with E-state index in [1.807, 2.05) is 18.2 Å². The molecule has 4 aliphatic heterocycles. The van der Waals surface area contributed by atoms with Gasteiger partial charge in [-0.05, 0) is 32.0 Å². The molecule has 0 aliphatic carbocycles. The molecule has 2 saturated heterocycles. The maximum absolute atomic E-state index is 13.8. The lowest BCUT2D eigenvalue weighted by Gasteiger charge is -2.42.